The Bertz CT molecular complexity index is 1540. The predicted molar refractivity (Wildman–Crippen MR) is 267 cm³/mol. The molecule has 0 fully saturated rings. The first-order valence-electron chi connectivity index (χ1n) is 23.6. The molecule has 0 aromatic heterocycles. The van der Waals surface area contributed by atoms with Crippen LogP contribution in [-0.4, -0.2) is 16.4 Å². The number of phosphoric acid groups is 1. The monoisotopic (exact) mass is 849 g/mol. The Balaban J connectivity index is 4.25. The molecule has 0 aliphatic rings. The average molecular weight is 849 g/mol. The maximum atomic E-state index is 10.8. The van der Waals surface area contributed by atoms with Gasteiger partial charge >= 0.3 is 7.82 Å². The van der Waals surface area contributed by atoms with Gasteiger partial charge in [-0.2, -0.15) is 0 Å². The van der Waals surface area contributed by atoms with E-state index in [0.717, 1.165) is 109 Å². The van der Waals surface area contributed by atoms with Gasteiger partial charge in [-0.05, 0) is 217 Å². The Morgan fingerprint density at radius 1 is 0.383 bits per heavy atom. The fraction of sp³-hybridized carbons (Fsp3) is 0.636. The molecule has 0 radical (unpaired) electrons. The first-order valence-corrected chi connectivity index (χ1v) is 25.1. The Kier molecular flexibility index (Phi) is 34.5. The van der Waals surface area contributed by atoms with Gasteiger partial charge < -0.3 is 9.79 Å². The van der Waals surface area contributed by atoms with E-state index in [0.29, 0.717) is 12.3 Å². The summed E-state index contributed by atoms with van der Waals surface area (Å²) >= 11 is 0. The molecule has 0 aliphatic carbocycles. The van der Waals surface area contributed by atoms with E-state index in [1.165, 1.54) is 75.0 Å². The second kappa shape index (κ2) is 36.0. The van der Waals surface area contributed by atoms with Gasteiger partial charge in [0.05, 0.1) is 6.61 Å². The molecular weight excluding hydrogens is 756 g/mol. The summed E-state index contributed by atoms with van der Waals surface area (Å²) in [5.41, 5.74) is 14.9. The fourth-order valence-electron chi connectivity index (χ4n) is 7.01. The van der Waals surface area contributed by atoms with E-state index in [4.69, 9.17) is 9.79 Å². The van der Waals surface area contributed by atoms with Crippen LogP contribution in [0.5, 0.6) is 0 Å². The number of rotatable bonds is 34. The van der Waals surface area contributed by atoms with Crippen molar-refractivity contribution in [3.63, 3.8) is 0 Å². The van der Waals surface area contributed by atoms with Crippen molar-refractivity contribution < 1.29 is 18.9 Å². The highest BCUT2D eigenvalue weighted by Gasteiger charge is 2.14. The number of phosphoric ester groups is 1. The van der Waals surface area contributed by atoms with Crippen molar-refractivity contribution >= 4 is 7.82 Å². The molecule has 0 bridgehead atoms. The van der Waals surface area contributed by atoms with Crippen LogP contribution in [0.1, 0.15) is 218 Å². The van der Waals surface area contributed by atoms with E-state index in [1.807, 2.05) is 0 Å². The zero-order valence-electron chi connectivity index (χ0n) is 41.1. The largest absolute Gasteiger partial charge is 0.469 e. The number of hydrogen-bond donors (Lipinski definition) is 2. The van der Waals surface area contributed by atoms with Crippen LogP contribution in [0.25, 0.3) is 0 Å². The Labute approximate surface area is 372 Å². The van der Waals surface area contributed by atoms with Gasteiger partial charge in [-0.15, -0.1) is 0 Å². The van der Waals surface area contributed by atoms with Crippen molar-refractivity contribution in [3.8, 4) is 0 Å². The molecule has 2 N–H and O–H groups in total. The second-order valence-electron chi connectivity index (χ2n) is 18.4. The third kappa shape index (κ3) is 39.6. The molecule has 0 saturated carbocycles. The molecule has 1 unspecified atom stereocenters. The summed E-state index contributed by atoms with van der Waals surface area (Å²) in [6, 6.07) is 0. The summed E-state index contributed by atoms with van der Waals surface area (Å²) in [4.78, 5) is 17.6. The van der Waals surface area contributed by atoms with Gasteiger partial charge in [0.25, 0.3) is 0 Å². The predicted octanol–water partition coefficient (Wildman–Crippen LogP) is 18.4. The second-order valence-corrected chi connectivity index (χ2v) is 19.6. The van der Waals surface area contributed by atoms with Gasteiger partial charge in [-0.3, -0.25) is 4.52 Å². The van der Waals surface area contributed by atoms with Gasteiger partial charge in [0.15, 0.2) is 0 Å². The van der Waals surface area contributed by atoms with Crippen LogP contribution in [0.4, 0.5) is 0 Å². The average Bonchev–Trinajstić information content (AvgIpc) is 3.14. The molecule has 0 heterocycles. The lowest BCUT2D eigenvalue weighted by molar-refractivity contribution is 0.185. The molecule has 60 heavy (non-hydrogen) atoms. The molecule has 0 amide bonds. The van der Waals surface area contributed by atoms with Crippen LogP contribution >= 0.6 is 7.82 Å². The molecule has 0 aromatic rings. The normalized spacial score (nSPS) is 15.3. The zero-order valence-corrected chi connectivity index (χ0v) is 42.0. The highest BCUT2D eigenvalue weighted by atomic mass is 31.2. The Morgan fingerprint density at radius 3 is 0.817 bits per heavy atom. The molecule has 0 spiro atoms. The van der Waals surface area contributed by atoms with E-state index in [1.54, 1.807) is 0 Å². The van der Waals surface area contributed by atoms with Gasteiger partial charge in [-0.25, -0.2) is 4.57 Å². The smallest absolute Gasteiger partial charge is 0.303 e. The fourth-order valence-corrected chi connectivity index (χ4v) is 7.35. The lowest BCUT2D eigenvalue weighted by Gasteiger charge is -2.11. The summed E-state index contributed by atoms with van der Waals surface area (Å²) in [6.45, 7) is 27.0. The summed E-state index contributed by atoms with van der Waals surface area (Å²) in [7, 11) is -4.35. The quantitative estimate of drug-likeness (QED) is 0.0500. The topological polar surface area (TPSA) is 66.8 Å². The maximum absolute atomic E-state index is 10.8. The van der Waals surface area contributed by atoms with Crippen molar-refractivity contribution in [3.05, 3.63) is 116 Å². The summed E-state index contributed by atoms with van der Waals surface area (Å²) in [5.74, 6) is 0.377. The first kappa shape index (κ1) is 57.5. The molecule has 5 heteroatoms. The minimum atomic E-state index is -4.35. The maximum Gasteiger partial charge on any atom is 0.469 e. The Morgan fingerprint density at radius 2 is 0.600 bits per heavy atom. The van der Waals surface area contributed by atoms with E-state index in [2.05, 4.69) is 148 Å². The summed E-state index contributed by atoms with van der Waals surface area (Å²) in [6.07, 6.45) is 47.4. The highest BCUT2D eigenvalue weighted by Crippen LogP contribution is 2.36. The Hall–Kier alpha value is -2.49. The first-order chi connectivity index (χ1) is 28.4. The van der Waals surface area contributed by atoms with Gasteiger partial charge in [-0.1, -0.05) is 123 Å². The van der Waals surface area contributed by atoms with Crippen molar-refractivity contribution in [1.82, 2.24) is 0 Å². The van der Waals surface area contributed by atoms with Crippen LogP contribution in [0.2, 0.25) is 0 Å². The summed E-state index contributed by atoms with van der Waals surface area (Å²) < 4.78 is 15.4. The minimum Gasteiger partial charge on any atom is -0.303 e. The standard InChI is InChI=1S/C55H93O4P/c1-45(2)23-13-24-46(3)25-14-26-47(4)27-15-28-48(5)29-16-30-49(6)31-17-32-50(7)33-18-34-51(8)35-19-36-52(9)37-20-38-53(10)39-21-40-54(11)41-22-42-55(12)43-44-59-60(56,57)58/h23,25,27,29,31,33,35,37,39,41,55H,13-22,24,26,28,30,32,34,36,38,40,42-44H2,1-12H3,(H2,56,57,58)/b46-25+,47-27+,48-29-,49-31-,50-33-,51-35-,52-37-,53-39-,54-41-. The van der Waals surface area contributed by atoms with E-state index in [9.17, 15) is 4.57 Å². The van der Waals surface area contributed by atoms with Crippen molar-refractivity contribution in [2.24, 2.45) is 5.92 Å². The van der Waals surface area contributed by atoms with Crippen molar-refractivity contribution in [1.29, 1.82) is 0 Å². The lowest BCUT2D eigenvalue weighted by atomic mass is 10.0. The number of allylic oxidation sites excluding steroid dienone is 20. The van der Waals surface area contributed by atoms with Crippen LogP contribution in [-0.2, 0) is 9.09 Å². The van der Waals surface area contributed by atoms with Crippen molar-refractivity contribution in [2.45, 2.75) is 218 Å². The molecule has 1 atom stereocenters. The van der Waals surface area contributed by atoms with Gasteiger partial charge in [0, 0.05) is 0 Å². The SMILES string of the molecule is CC(C)=CCC/C(C)=C/CC/C(C)=C/CC/C(C)=C\CC/C(C)=C\CC/C(C)=C\CC/C(C)=C\CC/C(C)=C\CC/C(C)=C\CC/C(C)=C\CCC(C)CCOP(=O)(O)O. The molecule has 0 saturated heterocycles. The minimum absolute atomic E-state index is 0.107. The van der Waals surface area contributed by atoms with Crippen LogP contribution < -0.4 is 0 Å². The zero-order chi connectivity index (χ0) is 45.2. The highest BCUT2D eigenvalue weighted by molar-refractivity contribution is 7.46. The lowest BCUT2D eigenvalue weighted by Crippen LogP contribution is -2.00. The van der Waals surface area contributed by atoms with E-state index in [-0.39, 0.29) is 6.61 Å². The molecule has 342 valence electrons. The summed E-state index contributed by atoms with van der Waals surface area (Å²) in [5, 5.41) is 0. The van der Waals surface area contributed by atoms with Crippen molar-refractivity contribution in [2.75, 3.05) is 6.61 Å². The molecule has 4 nitrogen and oxygen atoms in total. The van der Waals surface area contributed by atoms with Crippen LogP contribution in [0.3, 0.4) is 0 Å². The van der Waals surface area contributed by atoms with Gasteiger partial charge in [0.2, 0.25) is 0 Å². The van der Waals surface area contributed by atoms with Gasteiger partial charge in [0.1, 0.15) is 0 Å². The number of hydrogen-bond acceptors (Lipinski definition) is 2. The third-order valence-corrected chi connectivity index (χ3v) is 11.9. The molecular formula is C55H93O4P. The van der Waals surface area contributed by atoms with Crippen LogP contribution in [0, 0.1) is 5.92 Å². The van der Waals surface area contributed by atoms with E-state index < -0.39 is 7.82 Å². The molecule has 0 rings (SSSR count). The van der Waals surface area contributed by atoms with Crippen LogP contribution in [0.15, 0.2) is 116 Å². The molecule has 0 aliphatic heterocycles. The molecule has 0 aromatic carbocycles. The van der Waals surface area contributed by atoms with E-state index >= 15 is 0 Å². The third-order valence-electron chi connectivity index (χ3n) is 11.4.